The Morgan fingerprint density at radius 2 is 2.20 bits per heavy atom. The van der Waals surface area contributed by atoms with Gasteiger partial charge >= 0.3 is 0 Å². The van der Waals surface area contributed by atoms with Crippen molar-refractivity contribution in [3.05, 3.63) is 0 Å². The molecule has 1 unspecified atom stereocenters. The van der Waals surface area contributed by atoms with Crippen LogP contribution in [0.2, 0.25) is 0 Å². The molecule has 0 aromatic carbocycles. The quantitative estimate of drug-likeness (QED) is 0.681. The third kappa shape index (κ3) is 2.92. The highest BCUT2D eigenvalue weighted by Gasteiger charge is 2.28. The second-order valence-electron chi connectivity index (χ2n) is 3.99. The fraction of sp³-hybridized carbons (Fsp3) is 0.800. The SMILES string of the molecule is CC(=O)N(C)CC(=O)N1CCCC1CN. The molecule has 2 amide bonds. The number of rotatable bonds is 3. The second kappa shape index (κ2) is 5.11. The van der Waals surface area contributed by atoms with Crippen molar-refractivity contribution in [2.24, 2.45) is 5.73 Å². The topological polar surface area (TPSA) is 66.6 Å². The lowest BCUT2D eigenvalue weighted by atomic mass is 10.2. The first-order chi connectivity index (χ1) is 7.06. The van der Waals surface area contributed by atoms with Gasteiger partial charge in [-0.15, -0.1) is 0 Å². The number of amides is 2. The van der Waals surface area contributed by atoms with E-state index >= 15 is 0 Å². The molecule has 1 atom stereocenters. The molecule has 0 aromatic rings. The van der Waals surface area contributed by atoms with E-state index in [1.54, 1.807) is 11.9 Å². The molecule has 0 aromatic heterocycles. The van der Waals surface area contributed by atoms with Crippen molar-refractivity contribution >= 4 is 11.8 Å². The largest absolute Gasteiger partial charge is 0.337 e. The number of likely N-dealkylation sites (N-methyl/N-ethyl adjacent to an activating group) is 1. The number of carbonyl (C=O) groups excluding carboxylic acids is 2. The van der Waals surface area contributed by atoms with Crippen molar-refractivity contribution in [1.82, 2.24) is 9.80 Å². The standard InChI is InChI=1S/C10H19N3O2/c1-8(14)12(2)7-10(15)13-5-3-4-9(13)6-11/h9H,3-7,11H2,1-2H3. The Balaban J connectivity index is 2.49. The highest BCUT2D eigenvalue weighted by Crippen LogP contribution is 2.16. The van der Waals surface area contributed by atoms with E-state index in [9.17, 15) is 9.59 Å². The predicted octanol–water partition coefficient (Wildman–Crippen LogP) is -0.586. The molecular formula is C10H19N3O2. The fourth-order valence-electron chi connectivity index (χ4n) is 1.81. The molecule has 2 N–H and O–H groups in total. The maximum absolute atomic E-state index is 11.8. The Bertz CT molecular complexity index is 255. The molecule has 1 fully saturated rings. The summed E-state index contributed by atoms with van der Waals surface area (Å²) in [4.78, 5) is 26.0. The van der Waals surface area contributed by atoms with Gasteiger partial charge in [0.2, 0.25) is 11.8 Å². The van der Waals surface area contributed by atoms with Gasteiger partial charge in [0.15, 0.2) is 0 Å². The van der Waals surface area contributed by atoms with Crippen LogP contribution >= 0.6 is 0 Å². The zero-order valence-electron chi connectivity index (χ0n) is 9.40. The highest BCUT2D eigenvalue weighted by atomic mass is 16.2. The number of likely N-dealkylation sites (tertiary alicyclic amines) is 1. The normalized spacial score (nSPS) is 20.5. The molecule has 0 aliphatic carbocycles. The molecule has 1 aliphatic rings. The molecule has 1 heterocycles. The monoisotopic (exact) mass is 213 g/mol. The maximum atomic E-state index is 11.8. The van der Waals surface area contributed by atoms with E-state index in [1.807, 2.05) is 0 Å². The van der Waals surface area contributed by atoms with Crippen LogP contribution in [0.3, 0.4) is 0 Å². The summed E-state index contributed by atoms with van der Waals surface area (Å²) in [5, 5.41) is 0. The van der Waals surface area contributed by atoms with E-state index in [4.69, 9.17) is 5.73 Å². The lowest BCUT2D eigenvalue weighted by Gasteiger charge is -2.25. The molecule has 0 saturated carbocycles. The summed E-state index contributed by atoms with van der Waals surface area (Å²) >= 11 is 0. The molecule has 1 aliphatic heterocycles. The highest BCUT2D eigenvalue weighted by molar-refractivity contribution is 5.84. The zero-order valence-corrected chi connectivity index (χ0v) is 9.40. The smallest absolute Gasteiger partial charge is 0.242 e. The zero-order chi connectivity index (χ0) is 11.4. The van der Waals surface area contributed by atoms with Crippen LogP contribution in [0, 0.1) is 0 Å². The third-order valence-electron chi connectivity index (χ3n) is 2.88. The Morgan fingerprint density at radius 1 is 1.53 bits per heavy atom. The summed E-state index contributed by atoms with van der Waals surface area (Å²) in [6.45, 7) is 2.89. The van der Waals surface area contributed by atoms with E-state index in [0.717, 1.165) is 19.4 Å². The number of hydrogen-bond acceptors (Lipinski definition) is 3. The van der Waals surface area contributed by atoms with Gasteiger partial charge in [0.1, 0.15) is 0 Å². The number of carbonyl (C=O) groups is 2. The summed E-state index contributed by atoms with van der Waals surface area (Å²) in [6.07, 6.45) is 1.99. The van der Waals surface area contributed by atoms with Gasteiger partial charge in [-0.3, -0.25) is 9.59 Å². The van der Waals surface area contributed by atoms with Crippen molar-refractivity contribution in [2.45, 2.75) is 25.8 Å². The number of nitrogens with zero attached hydrogens (tertiary/aromatic N) is 2. The van der Waals surface area contributed by atoms with Crippen LogP contribution in [0.1, 0.15) is 19.8 Å². The van der Waals surface area contributed by atoms with Crippen molar-refractivity contribution in [3.8, 4) is 0 Å². The average molecular weight is 213 g/mol. The van der Waals surface area contributed by atoms with Crippen molar-refractivity contribution in [1.29, 1.82) is 0 Å². The van der Waals surface area contributed by atoms with Gasteiger partial charge in [-0.25, -0.2) is 0 Å². The molecular weight excluding hydrogens is 194 g/mol. The van der Waals surface area contributed by atoms with Gasteiger partial charge in [0.05, 0.1) is 6.54 Å². The minimum absolute atomic E-state index is 0.000602. The Morgan fingerprint density at radius 3 is 2.73 bits per heavy atom. The summed E-state index contributed by atoms with van der Waals surface area (Å²) in [5.74, 6) is -0.0903. The lowest BCUT2D eigenvalue weighted by molar-refractivity contribution is -0.138. The van der Waals surface area contributed by atoms with Crippen LogP contribution < -0.4 is 5.73 Å². The van der Waals surface area contributed by atoms with Gasteiger partial charge < -0.3 is 15.5 Å². The van der Waals surface area contributed by atoms with Gasteiger partial charge in [-0.05, 0) is 12.8 Å². The van der Waals surface area contributed by atoms with Crippen LogP contribution in [0.25, 0.3) is 0 Å². The third-order valence-corrected chi connectivity index (χ3v) is 2.88. The summed E-state index contributed by atoms with van der Waals surface area (Å²) in [7, 11) is 1.63. The second-order valence-corrected chi connectivity index (χ2v) is 3.99. The molecule has 1 saturated heterocycles. The van der Waals surface area contributed by atoms with Crippen molar-refractivity contribution < 1.29 is 9.59 Å². The number of hydrogen-bond donors (Lipinski definition) is 1. The van der Waals surface area contributed by atoms with Gasteiger partial charge in [-0.2, -0.15) is 0 Å². The first-order valence-corrected chi connectivity index (χ1v) is 5.27. The summed E-state index contributed by atoms with van der Waals surface area (Å²) in [6, 6.07) is 0.165. The lowest BCUT2D eigenvalue weighted by Crippen LogP contribution is -2.45. The van der Waals surface area contributed by atoms with Crippen molar-refractivity contribution in [3.63, 3.8) is 0 Å². The molecule has 86 valence electrons. The summed E-state index contributed by atoms with van der Waals surface area (Å²) < 4.78 is 0. The minimum atomic E-state index is -0.0909. The van der Waals surface area contributed by atoms with E-state index in [-0.39, 0.29) is 24.4 Å². The van der Waals surface area contributed by atoms with Gasteiger partial charge in [0.25, 0.3) is 0 Å². The van der Waals surface area contributed by atoms with Crippen LogP contribution in [-0.4, -0.2) is 54.3 Å². The number of nitrogens with two attached hydrogens (primary N) is 1. The Labute approximate surface area is 90.2 Å². The molecule has 0 bridgehead atoms. The molecule has 5 heteroatoms. The molecule has 1 rings (SSSR count). The Kier molecular flexibility index (Phi) is 4.08. The molecule has 0 spiro atoms. The first kappa shape index (κ1) is 12.0. The van der Waals surface area contributed by atoms with E-state index in [2.05, 4.69) is 0 Å². The van der Waals surface area contributed by atoms with Crippen LogP contribution in [0.4, 0.5) is 0 Å². The average Bonchev–Trinajstić information content (AvgIpc) is 2.64. The van der Waals surface area contributed by atoms with Crippen molar-refractivity contribution in [2.75, 3.05) is 26.7 Å². The van der Waals surface area contributed by atoms with Crippen LogP contribution in [-0.2, 0) is 9.59 Å². The van der Waals surface area contributed by atoms with Gasteiger partial charge in [-0.1, -0.05) is 0 Å². The maximum Gasteiger partial charge on any atom is 0.242 e. The van der Waals surface area contributed by atoms with E-state index in [0.29, 0.717) is 6.54 Å². The minimum Gasteiger partial charge on any atom is -0.337 e. The van der Waals surface area contributed by atoms with Crippen LogP contribution in [0.15, 0.2) is 0 Å². The van der Waals surface area contributed by atoms with Crippen LogP contribution in [0.5, 0.6) is 0 Å². The van der Waals surface area contributed by atoms with E-state index in [1.165, 1.54) is 11.8 Å². The predicted molar refractivity (Wildman–Crippen MR) is 57.1 cm³/mol. The first-order valence-electron chi connectivity index (χ1n) is 5.27. The van der Waals surface area contributed by atoms with Gasteiger partial charge in [0, 0.05) is 33.1 Å². The fourth-order valence-corrected chi connectivity index (χ4v) is 1.81. The molecule has 15 heavy (non-hydrogen) atoms. The molecule has 0 radical (unpaired) electrons. The molecule has 5 nitrogen and oxygen atoms in total. The summed E-state index contributed by atoms with van der Waals surface area (Å²) in [5.41, 5.74) is 5.58. The Hall–Kier alpha value is -1.10. The van der Waals surface area contributed by atoms with E-state index < -0.39 is 0 Å².